The van der Waals surface area contributed by atoms with Crippen LogP contribution >= 0.6 is 0 Å². The molecule has 1 saturated heterocycles. The molecule has 1 aromatic heterocycles. The molecule has 0 spiro atoms. The van der Waals surface area contributed by atoms with Crippen LogP contribution in [-0.4, -0.2) is 53.4 Å². The summed E-state index contributed by atoms with van der Waals surface area (Å²) in [6.07, 6.45) is 6.58. The Morgan fingerprint density at radius 1 is 1.00 bits per heavy atom. The van der Waals surface area contributed by atoms with E-state index in [1.54, 1.807) is 12.1 Å². The second-order valence-electron chi connectivity index (χ2n) is 7.71. The number of piperidine rings is 1. The van der Waals surface area contributed by atoms with Crippen LogP contribution in [0, 0.1) is 0 Å². The van der Waals surface area contributed by atoms with Gasteiger partial charge in [0.2, 0.25) is 11.8 Å². The number of amides is 1. The number of carbonyl (C=O) groups excluding carboxylic acids is 1. The quantitative estimate of drug-likeness (QED) is 0.834. The van der Waals surface area contributed by atoms with Gasteiger partial charge in [-0.3, -0.25) is 9.69 Å². The molecule has 0 bridgehead atoms. The predicted octanol–water partition coefficient (Wildman–Crippen LogP) is 2.82. The van der Waals surface area contributed by atoms with Gasteiger partial charge in [-0.05, 0) is 61.7 Å². The Morgan fingerprint density at radius 2 is 1.82 bits per heavy atom. The molecule has 28 heavy (non-hydrogen) atoms. The van der Waals surface area contributed by atoms with Gasteiger partial charge in [-0.2, -0.15) is 0 Å². The van der Waals surface area contributed by atoms with E-state index in [0.717, 1.165) is 31.8 Å². The molecule has 0 saturated carbocycles. The van der Waals surface area contributed by atoms with E-state index in [4.69, 9.17) is 10.5 Å². The lowest BCUT2D eigenvalue weighted by molar-refractivity contribution is 0.1000. The average molecular weight is 380 g/mol. The zero-order valence-electron chi connectivity index (χ0n) is 16.3. The molecule has 3 heterocycles. The smallest absolute Gasteiger partial charge is 0.250 e. The van der Waals surface area contributed by atoms with Crippen molar-refractivity contribution in [2.75, 3.05) is 32.7 Å². The van der Waals surface area contributed by atoms with Crippen LogP contribution in [0.2, 0.25) is 0 Å². The van der Waals surface area contributed by atoms with Crippen LogP contribution in [0.25, 0.3) is 0 Å². The van der Waals surface area contributed by atoms with Crippen LogP contribution in [-0.2, 0) is 13.0 Å². The van der Waals surface area contributed by atoms with Crippen molar-refractivity contribution in [2.45, 2.75) is 32.2 Å². The molecule has 1 amide bonds. The molecule has 0 aliphatic carbocycles. The van der Waals surface area contributed by atoms with Crippen LogP contribution in [0.3, 0.4) is 0 Å². The number of nitrogens with two attached hydrogens (primary N) is 1. The summed E-state index contributed by atoms with van der Waals surface area (Å²) in [5.74, 6) is 0.751. The van der Waals surface area contributed by atoms with Gasteiger partial charge in [0.15, 0.2) is 0 Å². The molecular formula is C22H28N4O2. The molecule has 2 aliphatic rings. The Labute approximate surface area is 166 Å². The van der Waals surface area contributed by atoms with E-state index in [1.165, 1.54) is 56.2 Å². The van der Waals surface area contributed by atoms with Crippen molar-refractivity contribution in [2.24, 2.45) is 5.73 Å². The maximum atomic E-state index is 11.1. The van der Waals surface area contributed by atoms with Crippen molar-refractivity contribution >= 4 is 5.91 Å². The number of aromatic nitrogens is 1. The summed E-state index contributed by atoms with van der Waals surface area (Å²) >= 11 is 0. The molecule has 148 valence electrons. The highest BCUT2D eigenvalue weighted by Gasteiger charge is 2.18. The van der Waals surface area contributed by atoms with E-state index in [0.29, 0.717) is 11.4 Å². The molecule has 1 aromatic carbocycles. The van der Waals surface area contributed by atoms with Crippen molar-refractivity contribution in [1.29, 1.82) is 0 Å². The first-order valence-corrected chi connectivity index (χ1v) is 10.2. The van der Waals surface area contributed by atoms with Gasteiger partial charge in [-0.15, -0.1) is 0 Å². The van der Waals surface area contributed by atoms with Crippen LogP contribution < -0.4 is 10.5 Å². The van der Waals surface area contributed by atoms with Crippen molar-refractivity contribution in [1.82, 2.24) is 14.8 Å². The monoisotopic (exact) mass is 380 g/mol. The number of nitrogens with zero attached hydrogens (tertiary/aromatic N) is 3. The number of benzene rings is 1. The number of ether oxygens (including phenoxy) is 1. The summed E-state index contributed by atoms with van der Waals surface area (Å²) in [5, 5.41) is 0. The first kappa shape index (κ1) is 18.9. The molecule has 6 heteroatoms. The van der Waals surface area contributed by atoms with E-state index < -0.39 is 5.91 Å². The highest BCUT2D eigenvalue weighted by atomic mass is 16.5. The van der Waals surface area contributed by atoms with E-state index in [1.807, 2.05) is 6.07 Å². The standard InChI is InChI=1S/C22H28N4O2/c23-22(27)18-5-7-21(24-15-18)28-20-6-4-19-16-26(11-8-17(19)14-20)13-12-25-9-2-1-3-10-25/h4-7,14-15H,1-3,8-13,16H2,(H2,23,27). The third-order valence-corrected chi connectivity index (χ3v) is 5.69. The minimum Gasteiger partial charge on any atom is -0.439 e. The molecule has 2 N–H and O–H groups in total. The topological polar surface area (TPSA) is 71.7 Å². The molecule has 0 atom stereocenters. The lowest BCUT2D eigenvalue weighted by atomic mass is 9.99. The number of pyridine rings is 1. The number of hydrogen-bond acceptors (Lipinski definition) is 5. The first-order valence-electron chi connectivity index (χ1n) is 10.2. The maximum absolute atomic E-state index is 11.1. The lowest BCUT2D eigenvalue weighted by Crippen LogP contribution is -2.39. The Hall–Kier alpha value is -2.44. The molecule has 6 nitrogen and oxygen atoms in total. The van der Waals surface area contributed by atoms with Gasteiger partial charge < -0.3 is 15.4 Å². The predicted molar refractivity (Wildman–Crippen MR) is 109 cm³/mol. The summed E-state index contributed by atoms with van der Waals surface area (Å²) in [7, 11) is 0. The summed E-state index contributed by atoms with van der Waals surface area (Å²) in [4.78, 5) is 20.4. The third kappa shape index (κ3) is 4.69. The minimum atomic E-state index is -0.488. The Morgan fingerprint density at radius 3 is 2.57 bits per heavy atom. The summed E-state index contributed by atoms with van der Waals surface area (Å²) in [5.41, 5.74) is 8.35. The van der Waals surface area contributed by atoms with Crippen LogP contribution in [0.5, 0.6) is 11.6 Å². The highest BCUT2D eigenvalue weighted by molar-refractivity contribution is 5.92. The normalized spacial score (nSPS) is 17.9. The van der Waals surface area contributed by atoms with Crippen molar-refractivity contribution < 1.29 is 9.53 Å². The number of hydrogen-bond donors (Lipinski definition) is 1. The summed E-state index contributed by atoms with van der Waals surface area (Å²) in [6, 6.07) is 9.57. The molecule has 2 aliphatic heterocycles. The fourth-order valence-corrected chi connectivity index (χ4v) is 4.02. The minimum absolute atomic E-state index is 0.377. The zero-order valence-corrected chi connectivity index (χ0v) is 16.3. The fraction of sp³-hybridized carbons (Fsp3) is 0.455. The SMILES string of the molecule is NC(=O)c1ccc(Oc2ccc3c(c2)CCN(CCN2CCCCC2)C3)nc1. The van der Waals surface area contributed by atoms with Gasteiger partial charge >= 0.3 is 0 Å². The van der Waals surface area contributed by atoms with Crippen LogP contribution in [0.1, 0.15) is 40.7 Å². The molecule has 1 fully saturated rings. The Bertz CT molecular complexity index is 816. The second-order valence-corrected chi connectivity index (χ2v) is 7.71. The van der Waals surface area contributed by atoms with E-state index in [9.17, 15) is 4.79 Å². The molecule has 0 radical (unpaired) electrons. The molecule has 0 unspecified atom stereocenters. The molecule has 4 rings (SSSR count). The van der Waals surface area contributed by atoms with E-state index in [2.05, 4.69) is 26.9 Å². The average Bonchev–Trinajstić information content (AvgIpc) is 2.73. The zero-order chi connectivity index (χ0) is 19.3. The highest BCUT2D eigenvalue weighted by Crippen LogP contribution is 2.26. The van der Waals surface area contributed by atoms with E-state index >= 15 is 0 Å². The summed E-state index contributed by atoms with van der Waals surface area (Å²) < 4.78 is 5.85. The third-order valence-electron chi connectivity index (χ3n) is 5.69. The van der Waals surface area contributed by atoms with Crippen molar-refractivity contribution in [3.63, 3.8) is 0 Å². The van der Waals surface area contributed by atoms with Crippen molar-refractivity contribution in [3.05, 3.63) is 53.2 Å². The van der Waals surface area contributed by atoms with Gasteiger partial charge in [0, 0.05) is 38.4 Å². The van der Waals surface area contributed by atoms with Gasteiger partial charge in [0.25, 0.3) is 0 Å². The number of fused-ring (bicyclic) bond motifs is 1. The van der Waals surface area contributed by atoms with E-state index in [-0.39, 0.29) is 0 Å². The van der Waals surface area contributed by atoms with Gasteiger partial charge in [0.05, 0.1) is 5.56 Å². The first-order chi connectivity index (χ1) is 13.7. The second kappa shape index (κ2) is 8.71. The Kier molecular flexibility index (Phi) is 5.88. The Balaban J connectivity index is 1.33. The van der Waals surface area contributed by atoms with Gasteiger partial charge in [-0.25, -0.2) is 4.98 Å². The number of carbonyl (C=O) groups is 1. The van der Waals surface area contributed by atoms with Crippen LogP contribution in [0.4, 0.5) is 0 Å². The van der Waals surface area contributed by atoms with Gasteiger partial charge in [0.1, 0.15) is 5.75 Å². The van der Waals surface area contributed by atoms with Gasteiger partial charge in [-0.1, -0.05) is 12.5 Å². The van der Waals surface area contributed by atoms with Crippen molar-refractivity contribution in [3.8, 4) is 11.6 Å². The lowest BCUT2D eigenvalue weighted by Gasteiger charge is -2.32. The molecule has 2 aromatic rings. The van der Waals surface area contributed by atoms with Crippen LogP contribution in [0.15, 0.2) is 36.5 Å². The number of rotatable bonds is 6. The number of primary amides is 1. The fourth-order valence-electron chi connectivity index (χ4n) is 4.02. The maximum Gasteiger partial charge on any atom is 0.250 e. The largest absolute Gasteiger partial charge is 0.439 e. The summed E-state index contributed by atoms with van der Waals surface area (Å²) in [6.45, 7) is 6.96. The molecular weight excluding hydrogens is 352 g/mol. The number of likely N-dealkylation sites (tertiary alicyclic amines) is 1.